The predicted molar refractivity (Wildman–Crippen MR) is 96.5 cm³/mol. The number of nitrogens with one attached hydrogen (secondary N) is 2. The number of nitrogens with zero attached hydrogens (tertiary/aromatic N) is 3. The number of aryl methyl sites for hydroxylation is 1. The highest BCUT2D eigenvalue weighted by Gasteiger charge is 2.05. The van der Waals surface area contributed by atoms with Crippen LogP contribution in [0, 0.1) is 6.92 Å². The van der Waals surface area contributed by atoms with Crippen molar-refractivity contribution in [2.45, 2.75) is 46.0 Å². The second-order valence-corrected chi connectivity index (χ2v) is 5.92. The molecule has 0 amide bonds. The minimum absolute atomic E-state index is 0.183. The summed E-state index contributed by atoms with van der Waals surface area (Å²) in [5, 5.41) is 6.54. The van der Waals surface area contributed by atoms with Crippen molar-refractivity contribution < 1.29 is 0 Å². The van der Waals surface area contributed by atoms with Crippen molar-refractivity contribution in [1.82, 2.24) is 15.0 Å². The zero-order valence-electron chi connectivity index (χ0n) is 13.8. The molecule has 2 rings (SSSR count). The SMILES string of the molecule is CCCCCCCNc1nc(Cl)nc(Nc2ccc(C)cc2)n1. The minimum Gasteiger partial charge on any atom is -0.354 e. The van der Waals surface area contributed by atoms with E-state index in [1.165, 1.54) is 31.2 Å². The molecule has 0 unspecified atom stereocenters. The highest BCUT2D eigenvalue weighted by Crippen LogP contribution is 2.16. The number of rotatable bonds is 9. The summed E-state index contributed by atoms with van der Waals surface area (Å²) in [4.78, 5) is 12.6. The van der Waals surface area contributed by atoms with E-state index in [0.717, 1.165) is 18.7 Å². The molecule has 6 heteroatoms. The lowest BCUT2D eigenvalue weighted by molar-refractivity contribution is 0.644. The third-order valence-corrected chi connectivity index (χ3v) is 3.65. The van der Waals surface area contributed by atoms with Crippen LogP contribution in [0.15, 0.2) is 24.3 Å². The Hall–Kier alpha value is -1.88. The first-order valence-electron chi connectivity index (χ1n) is 8.16. The first-order chi connectivity index (χ1) is 11.2. The van der Waals surface area contributed by atoms with Crippen LogP contribution in [-0.4, -0.2) is 21.5 Å². The van der Waals surface area contributed by atoms with E-state index in [2.05, 4.69) is 32.5 Å². The minimum atomic E-state index is 0.183. The molecule has 0 aliphatic carbocycles. The summed E-state index contributed by atoms with van der Waals surface area (Å²) in [5.41, 5.74) is 2.12. The van der Waals surface area contributed by atoms with Gasteiger partial charge in [0.15, 0.2) is 0 Å². The molecular formula is C17H24ClN5. The highest BCUT2D eigenvalue weighted by atomic mass is 35.5. The maximum Gasteiger partial charge on any atom is 0.233 e. The van der Waals surface area contributed by atoms with Gasteiger partial charge in [0, 0.05) is 12.2 Å². The average Bonchev–Trinajstić information content (AvgIpc) is 2.52. The first-order valence-corrected chi connectivity index (χ1v) is 8.54. The van der Waals surface area contributed by atoms with Crippen molar-refractivity contribution >= 4 is 29.2 Å². The fraction of sp³-hybridized carbons (Fsp3) is 0.471. The van der Waals surface area contributed by atoms with Gasteiger partial charge in [-0.2, -0.15) is 15.0 Å². The summed E-state index contributed by atoms with van der Waals surface area (Å²) >= 11 is 5.98. The lowest BCUT2D eigenvalue weighted by Gasteiger charge is -2.08. The zero-order valence-corrected chi connectivity index (χ0v) is 14.5. The number of benzene rings is 1. The van der Waals surface area contributed by atoms with E-state index >= 15 is 0 Å². The van der Waals surface area contributed by atoms with Crippen LogP contribution in [0.1, 0.15) is 44.6 Å². The number of unbranched alkanes of at least 4 members (excludes halogenated alkanes) is 4. The molecule has 5 nitrogen and oxygen atoms in total. The summed E-state index contributed by atoms with van der Waals surface area (Å²) in [6, 6.07) is 8.02. The number of anilines is 3. The Morgan fingerprint density at radius 3 is 2.35 bits per heavy atom. The molecule has 0 atom stereocenters. The standard InChI is InChI=1S/C17H24ClN5/c1-3-4-5-6-7-12-19-16-21-15(18)22-17(23-16)20-14-10-8-13(2)9-11-14/h8-11H,3-7,12H2,1-2H3,(H2,19,20,21,22,23). The Balaban J connectivity index is 1.89. The van der Waals surface area contributed by atoms with E-state index in [1.807, 2.05) is 31.2 Å². The molecule has 0 bridgehead atoms. The van der Waals surface area contributed by atoms with E-state index in [9.17, 15) is 0 Å². The molecule has 0 aliphatic rings. The number of hydrogen-bond donors (Lipinski definition) is 2. The monoisotopic (exact) mass is 333 g/mol. The molecule has 2 N–H and O–H groups in total. The van der Waals surface area contributed by atoms with E-state index in [4.69, 9.17) is 11.6 Å². The molecule has 0 saturated heterocycles. The Labute approximate surface area is 142 Å². The lowest BCUT2D eigenvalue weighted by Crippen LogP contribution is -2.08. The van der Waals surface area contributed by atoms with Gasteiger partial charge in [-0.15, -0.1) is 0 Å². The summed E-state index contributed by atoms with van der Waals surface area (Å²) < 4.78 is 0. The van der Waals surface area contributed by atoms with Gasteiger partial charge in [-0.05, 0) is 37.1 Å². The van der Waals surface area contributed by atoms with E-state index in [1.54, 1.807) is 0 Å². The maximum atomic E-state index is 5.98. The van der Waals surface area contributed by atoms with Crippen LogP contribution in [0.4, 0.5) is 17.6 Å². The van der Waals surface area contributed by atoms with Gasteiger partial charge in [-0.3, -0.25) is 0 Å². The summed E-state index contributed by atoms with van der Waals surface area (Å²) in [6.45, 7) is 5.10. The summed E-state index contributed by atoms with van der Waals surface area (Å²) in [5.74, 6) is 0.956. The van der Waals surface area contributed by atoms with E-state index in [0.29, 0.717) is 11.9 Å². The van der Waals surface area contributed by atoms with Crippen LogP contribution in [0.3, 0.4) is 0 Å². The van der Waals surface area contributed by atoms with Gasteiger partial charge in [0.25, 0.3) is 0 Å². The Bertz CT molecular complexity index is 600. The van der Waals surface area contributed by atoms with Gasteiger partial charge in [-0.1, -0.05) is 50.3 Å². The molecule has 0 saturated carbocycles. The number of aromatic nitrogens is 3. The molecule has 124 valence electrons. The molecule has 0 fully saturated rings. The molecule has 0 radical (unpaired) electrons. The third kappa shape index (κ3) is 6.40. The number of hydrogen-bond acceptors (Lipinski definition) is 5. The van der Waals surface area contributed by atoms with Crippen LogP contribution in [0.5, 0.6) is 0 Å². The van der Waals surface area contributed by atoms with Gasteiger partial charge in [0.1, 0.15) is 0 Å². The van der Waals surface area contributed by atoms with Crippen LogP contribution < -0.4 is 10.6 Å². The van der Waals surface area contributed by atoms with Crippen LogP contribution in [0.25, 0.3) is 0 Å². The quantitative estimate of drug-likeness (QED) is 0.635. The Kier molecular flexibility index (Phi) is 7.07. The molecule has 0 aliphatic heterocycles. The highest BCUT2D eigenvalue weighted by molar-refractivity contribution is 6.28. The first kappa shape index (κ1) is 17.5. The fourth-order valence-electron chi connectivity index (χ4n) is 2.18. The normalized spacial score (nSPS) is 10.6. The smallest absolute Gasteiger partial charge is 0.233 e. The Morgan fingerprint density at radius 2 is 1.61 bits per heavy atom. The van der Waals surface area contributed by atoms with Crippen molar-refractivity contribution in [3.63, 3.8) is 0 Å². The summed E-state index contributed by atoms with van der Waals surface area (Å²) in [6.07, 6.45) is 6.14. The largest absolute Gasteiger partial charge is 0.354 e. The van der Waals surface area contributed by atoms with Gasteiger partial charge in [-0.25, -0.2) is 0 Å². The van der Waals surface area contributed by atoms with Crippen LogP contribution in [0.2, 0.25) is 5.28 Å². The topological polar surface area (TPSA) is 62.7 Å². The molecular weight excluding hydrogens is 310 g/mol. The molecule has 0 spiro atoms. The molecule has 2 aromatic rings. The maximum absolute atomic E-state index is 5.98. The summed E-state index contributed by atoms with van der Waals surface area (Å²) in [7, 11) is 0. The zero-order chi connectivity index (χ0) is 16.5. The average molecular weight is 334 g/mol. The second-order valence-electron chi connectivity index (χ2n) is 5.58. The van der Waals surface area contributed by atoms with Crippen molar-refractivity contribution in [3.8, 4) is 0 Å². The van der Waals surface area contributed by atoms with E-state index in [-0.39, 0.29) is 5.28 Å². The molecule has 1 aromatic carbocycles. The second kappa shape index (κ2) is 9.30. The van der Waals surface area contributed by atoms with Crippen molar-refractivity contribution in [3.05, 3.63) is 35.1 Å². The van der Waals surface area contributed by atoms with Gasteiger partial charge < -0.3 is 10.6 Å². The Morgan fingerprint density at radius 1 is 0.913 bits per heavy atom. The number of halogens is 1. The predicted octanol–water partition coefficient (Wildman–Crippen LogP) is 4.96. The third-order valence-electron chi connectivity index (χ3n) is 3.48. The van der Waals surface area contributed by atoms with Crippen molar-refractivity contribution in [1.29, 1.82) is 0 Å². The van der Waals surface area contributed by atoms with Crippen LogP contribution in [-0.2, 0) is 0 Å². The van der Waals surface area contributed by atoms with Gasteiger partial charge >= 0.3 is 0 Å². The van der Waals surface area contributed by atoms with Crippen molar-refractivity contribution in [2.24, 2.45) is 0 Å². The van der Waals surface area contributed by atoms with E-state index < -0.39 is 0 Å². The van der Waals surface area contributed by atoms with Crippen molar-refractivity contribution in [2.75, 3.05) is 17.2 Å². The lowest BCUT2D eigenvalue weighted by atomic mass is 10.1. The van der Waals surface area contributed by atoms with Crippen LogP contribution >= 0.6 is 11.6 Å². The molecule has 23 heavy (non-hydrogen) atoms. The molecule has 1 aromatic heterocycles. The van der Waals surface area contributed by atoms with Gasteiger partial charge in [0.2, 0.25) is 17.2 Å². The molecule has 1 heterocycles. The fourth-order valence-corrected chi connectivity index (χ4v) is 2.34. The van der Waals surface area contributed by atoms with Gasteiger partial charge in [0.05, 0.1) is 0 Å².